The molecule has 3 N–H and O–H groups in total. The maximum atomic E-state index is 11.3. The molecule has 0 amide bonds. The Morgan fingerprint density at radius 2 is 2.33 bits per heavy atom. The quantitative estimate of drug-likeness (QED) is 0.248. The highest BCUT2D eigenvalue weighted by Gasteiger charge is 2.43. The lowest BCUT2D eigenvalue weighted by atomic mass is 9.94. The van der Waals surface area contributed by atoms with E-state index in [0.29, 0.717) is 0 Å². The van der Waals surface area contributed by atoms with Gasteiger partial charge in [-0.1, -0.05) is 5.11 Å². The molecule has 1 fully saturated rings. The second kappa shape index (κ2) is 6.53. The molecule has 5 atom stereocenters. The lowest BCUT2D eigenvalue weighted by molar-refractivity contribution is -0.209. The van der Waals surface area contributed by atoms with Crippen LogP contribution in [-0.4, -0.2) is 65.5 Å². The first-order chi connectivity index (χ1) is 8.51. The highest BCUT2D eigenvalue weighted by atomic mass is 16.6. The molecule has 0 spiro atoms. The lowest BCUT2D eigenvalue weighted by Gasteiger charge is -2.37. The zero-order valence-electron chi connectivity index (χ0n) is 9.71. The van der Waals surface area contributed by atoms with Gasteiger partial charge >= 0.3 is 5.97 Å². The largest absolute Gasteiger partial charge is 0.467 e. The fourth-order valence-corrected chi connectivity index (χ4v) is 1.73. The second-order valence-corrected chi connectivity index (χ2v) is 3.89. The number of rotatable bonds is 4. The molecule has 1 heterocycles. The van der Waals surface area contributed by atoms with Gasteiger partial charge in [-0.2, -0.15) is 0 Å². The molecule has 0 radical (unpaired) electrons. The summed E-state index contributed by atoms with van der Waals surface area (Å²) in [6.45, 7) is -0.334. The van der Waals surface area contributed by atoms with Crippen LogP contribution in [0, 0.1) is 0 Å². The van der Waals surface area contributed by atoms with E-state index in [0.717, 1.165) is 7.11 Å². The Morgan fingerprint density at radius 3 is 2.89 bits per heavy atom. The zero-order valence-corrected chi connectivity index (χ0v) is 9.71. The third-order valence-electron chi connectivity index (χ3n) is 2.68. The summed E-state index contributed by atoms with van der Waals surface area (Å²) in [5.74, 6) is -0.707. The van der Waals surface area contributed by atoms with Crippen molar-refractivity contribution in [1.82, 2.24) is 0 Å². The van der Waals surface area contributed by atoms with Gasteiger partial charge in [0.15, 0.2) is 6.10 Å². The Hall–Kier alpha value is -1.38. The molecule has 9 nitrogen and oxygen atoms in total. The van der Waals surface area contributed by atoms with Crippen molar-refractivity contribution in [3.8, 4) is 0 Å². The minimum Gasteiger partial charge on any atom is -0.467 e. The summed E-state index contributed by atoms with van der Waals surface area (Å²) >= 11 is 0. The average molecular weight is 261 g/mol. The summed E-state index contributed by atoms with van der Waals surface area (Å²) < 4.78 is 9.62. The van der Waals surface area contributed by atoms with Crippen LogP contribution in [0.2, 0.25) is 0 Å². The van der Waals surface area contributed by atoms with Crippen molar-refractivity contribution in [1.29, 1.82) is 0 Å². The van der Waals surface area contributed by atoms with Gasteiger partial charge in [0.05, 0.1) is 25.9 Å². The predicted molar refractivity (Wildman–Crippen MR) is 57.3 cm³/mol. The fraction of sp³-hybridized carbons (Fsp3) is 0.889. The summed E-state index contributed by atoms with van der Waals surface area (Å²) in [5.41, 5.74) is 8.13. The van der Waals surface area contributed by atoms with E-state index in [1.54, 1.807) is 0 Å². The van der Waals surface area contributed by atoms with Gasteiger partial charge in [0.2, 0.25) is 0 Å². The van der Waals surface area contributed by atoms with Gasteiger partial charge in [-0.05, 0) is 5.53 Å². The molecule has 0 aromatic carbocycles. The molecule has 18 heavy (non-hydrogen) atoms. The van der Waals surface area contributed by atoms with Crippen molar-refractivity contribution in [3.63, 3.8) is 0 Å². The van der Waals surface area contributed by atoms with E-state index in [1.165, 1.54) is 0 Å². The first kappa shape index (κ1) is 14.7. The fourth-order valence-electron chi connectivity index (χ4n) is 1.73. The number of aliphatic hydroxyl groups excluding tert-OH is 3. The number of esters is 1. The van der Waals surface area contributed by atoms with Gasteiger partial charge in [-0.25, -0.2) is 4.79 Å². The van der Waals surface area contributed by atoms with Gasteiger partial charge < -0.3 is 24.8 Å². The molecule has 0 aliphatic carbocycles. The molecular weight excluding hydrogens is 246 g/mol. The van der Waals surface area contributed by atoms with E-state index in [2.05, 4.69) is 14.8 Å². The minimum atomic E-state index is -1.37. The van der Waals surface area contributed by atoms with Crippen LogP contribution in [0.4, 0.5) is 0 Å². The highest BCUT2D eigenvalue weighted by molar-refractivity contribution is 5.74. The van der Waals surface area contributed by atoms with Crippen LogP contribution < -0.4 is 0 Å². The van der Waals surface area contributed by atoms with Crippen molar-refractivity contribution in [2.24, 2.45) is 5.11 Å². The number of methoxy groups -OCH3 is 1. The Balaban J connectivity index is 2.74. The zero-order chi connectivity index (χ0) is 13.7. The number of carbonyl (C=O) groups excluding carboxylic acids is 1. The van der Waals surface area contributed by atoms with Crippen molar-refractivity contribution in [2.75, 3.05) is 13.7 Å². The number of aliphatic hydroxyl groups is 3. The molecule has 1 aliphatic rings. The Labute approximate surface area is 103 Å². The summed E-state index contributed by atoms with van der Waals surface area (Å²) in [6.07, 6.45) is -6.33. The Bertz CT molecular complexity index is 345. The average Bonchev–Trinajstić information content (AvgIpc) is 2.37. The predicted octanol–water partition coefficient (Wildman–Crippen LogP) is -1.29. The standard InChI is InChI=1S/C9H15N3O6/c1-17-9(16)6-2-4(13)7(15)8(18-6)5(14)3-11-12-10/h4-8,13-15H,2-3H2,1H3/t4-,5-,6+,7-,8-/m1/s1. The first-order valence-corrected chi connectivity index (χ1v) is 5.29. The number of carbonyl (C=O) groups is 1. The maximum absolute atomic E-state index is 11.3. The molecule has 102 valence electrons. The van der Waals surface area contributed by atoms with Crippen LogP contribution in [0.3, 0.4) is 0 Å². The topological polar surface area (TPSA) is 145 Å². The van der Waals surface area contributed by atoms with E-state index >= 15 is 0 Å². The molecule has 0 unspecified atom stereocenters. The summed E-state index contributed by atoms with van der Waals surface area (Å²) in [4.78, 5) is 13.8. The highest BCUT2D eigenvalue weighted by Crippen LogP contribution is 2.23. The molecule has 0 aromatic heterocycles. The number of hydrogen-bond donors (Lipinski definition) is 3. The van der Waals surface area contributed by atoms with Crippen LogP contribution >= 0.6 is 0 Å². The van der Waals surface area contributed by atoms with E-state index in [9.17, 15) is 20.1 Å². The maximum Gasteiger partial charge on any atom is 0.335 e. The van der Waals surface area contributed by atoms with Crippen LogP contribution in [-0.2, 0) is 14.3 Å². The molecule has 1 aliphatic heterocycles. The SMILES string of the molecule is COC(=O)[C@@H]1C[C@@H](O)[C@@H](O)[C@@H]([C@H](O)CN=[N+]=[N-])O1. The van der Waals surface area contributed by atoms with Gasteiger partial charge in [0.25, 0.3) is 0 Å². The lowest BCUT2D eigenvalue weighted by Crippen LogP contribution is -2.55. The molecule has 1 saturated heterocycles. The third kappa shape index (κ3) is 3.31. The molecule has 0 bridgehead atoms. The van der Waals surface area contributed by atoms with Crippen LogP contribution in [0.25, 0.3) is 10.4 Å². The van der Waals surface area contributed by atoms with Crippen molar-refractivity contribution >= 4 is 5.97 Å². The minimum absolute atomic E-state index is 0.126. The van der Waals surface area contributed by atoms with E-state index in [1.807, 2.05) is 0 Å². The van der Waals surface area contributed by atoms with Gasteiger partial charge in [0.1, 0.15) is 12.2 Å². The normalized spacial score (nSPS) is 33.3. The molecule has 0 saturated carbocycles. The van der Waals surface area contributed by atoms with Crippen molar-refractivity contribution in [2.45, 2.75) is 36.9 Å². The monoisotopic (exact) mass is 261 g/mol. The smallest absolute Gasteiger partial charge is 0.335 e. The summed E-state index contributed by atoms with van der Waals surface area (Å²) in [7, 11) is 1.16. The number of nitrogens with zero attached hydrogens (tertiary/aromatic N) is 3. The summed E-state index contributed by atoms with van der Waals surface area (Å²) in [5, 5.41) is 32.0. The van der Waals surface area contributed by atoms with E-state index in [-0.39, 0.29) is 13.0 Å². The first-order valence-electron chi connectivity index (χ1n) is 5.29. The number of azide groups is 1. The van der Waals surface area contributed by atoms with Gasteiger partial charge in [-0.3, -0.25) is 0 Å². The third-order valence-corrected chi connectivity index (χ3v) is 2.68. The van der Waals surface area contributed by atoms with Gasteiger partial charge in [0, 0.05) is 11.3 Å². The van der Waals surface area contributed by atoms with E-state index in [4.69, 9.17) is 10.3 Å². The number of ether oxygens (including phenoxy) is 2. The van der Waals surface area contributed by atoms with Crippen molar-refractivity contribution in [3.05, 3.63) is 10.4 Å². The Kier molecular flexibility index (Phi) is 5.32. The van der Waals surface area contributed by atoms with Crippen molar-refractivity contribution < 1.29 is 29.6 Å². The summed E-state index contributed by atoms with van der Waals surface area (Å²) in [6, 6.07) is 0. The molecule has 9 heteroatoms. The number of hydrogen-bond acceptors (Lipinski definition) is 7. The molecule has 0 aromatic rings. The Morgan fingerprint density at radius 1 is 1.67 bits per heavy atom. The van der Waals surface area contributed by atoms with Gasteiger partial charge in [-0.15, -0.1) is 0 Å². The van der Waals surface area contributed by atoms with Crippen LogP contribution in [0.5, 0.6) is 0 Å². The van der Waals surface area contributed by atoms with E-state index < -0.39 is 36.5 Å². The molecule has 1 rings (SSSR count). The second-order valence-electron chi connectivity index (χ2n) is 3.89. The van der Waals surface area contributed by atoms with Crippen LogP contribution in [0.1, 0.15) is 6.42 Å². The van der Waals surface area contributed by atoms with Crippen LogP contribution in [0.15, 0.2) is 5.11 Å². The molecular formula is C9H15N3O6.